The van der Waals surface area contributed by atoms with Crippen molar-refractivity contribution in [2.24, 2.45) is 34.5 Å². The van der Waals surface area contributed by atoms with Crippen LogP contribution in [0.2, 0.25) is 0 Å². The first-order chi connectivity index (χ1) is 15.0. The fourth-order valence-corrected chi connectivity index (χ4v) is 8.38. The van der Waals surface area contributed by atoms with Crippen LogP contribution in [0.25, 0.3) is 0 Å². The van der Waals surface area contributed by atoms with Crippen LogP contribution in [0, 0.1) is 34.5 Å². The second-order valence-corrected chi connectivity index (χ2v) is 11.2. The first-order valence-electron chi connectivity index (χ1n) is 12.1. The van der Waals surface area contributed by atoms with E-state index in [-0.39, 0.29) is 41.3 Å². The van der Waals surface area contributed by atoms with Gasteiger partial charge in [0.15, 0.2) is 0 Å². The molecule has 0 amide bonds. The predicted octanol–water partition coefficient (Wildman–Crippen LogP) is 3.41. The van der Waals surface area contributed by atoms with Gasteiger partial charge in [-0.15, -0.1) is 0 Å². The van der Waals surface area contributed by atoms with E-state index in [1.165, 1.54) is 21.0 Å². The normalized spacial score (nSPS) is 47.4. The molecule has 1 N–H and O–H groups in total. The molecule has 0 spiro atoms. The summed E-state index contributed by atoms with van der Waals surface area (Å²) in [7, 11) is 1.38. The predicted molar refractivity (Wildman–Crippen MR) is 115 cm³/mol. The Hall–Kier alpha value is -1.63. The minimum Gasteiger partial charge on any atom is -0.469 e. The number of hydrogen-bond donors (Lipinski definition) is 1. The summed E-state index contributed by atoms with van der Waals surface area (Å²) in [6, 6.07) is 0. The molecule has 4 fully saturated rings. The third-order valence-corrected chi connectivity index (χ3v) is 9.99. The smallest absolute Gasteiger partial charge is 0.309 e. The average molecular weight is 451 g/mol. The van der Waals surface area contributed by atoms with Crippen LogP contribution >= 0.6 is 0 Å². The number of fused-ring (bicyclic) bond motifs is 5. The summed E-state index contributed by atoms with van der Waals surface area (Å²) in [5.41, 5.74) is -1.99. The number of hydrogen-bond acceptors (Lipinski definition) is 7. The summed E-state index contributed by atoms with van der Waals surface area (Å²) in [5.74, 6) is -0.827. The maximum atomic E-state index is 12.7. The summed E-state index contributed by atoms with van der Waals surface area (Å²) in [4.78, 5) is 36.3. The zero-order valence-corrected chi connectivity index (χ0v) is 20.0. The van der Waals surface area contributed by atoms with Crippen LogP contribution in [0.4, 0.5) is 0 Å². The first-order valence-corrected chi connectivity index (χ1v) is 12.1. The molecule has 0 bridgehead atoms. The minimum atomic E-state index is -1.09. The lowest BCUT2D eigenvalue weighted by atomic mass is 9.42. The van der Waals surface area contributed by atoms with Crippen LogP contribution in [-0.4, -0.2) is 47.9 Å². The Morgan fingerprint density at radius 1 is 0.875 bits per heavy atom. The van der Waals surface area contributed by atoms with Crippen LogP contribution < -0.4 is 0 Å². The quantitative estimate of drug-likeness (QED) is 0.520. The SMILES string of the molecule is COC(=O)[C@@H]1CC[C@]2(O)[C@H]3CC[C@H]4C[C@@H](OC(C)=O)CC[C@]4(C)[C@@H]3C[C@H](OC(C)=O)[C@]12C. The summed E-state index contributed by atoms with van der Waals surface area (Å²) >= 11 is 0. The van der Waals surface area contributed by atoms with Gasteiger partial charge in [-0.1, -0.05) is 13.8 Å². The summed E-state index contributed by atoms with van der Waals surface area (Å²) in [6.45, 7) is 7.09. The van der Waals surface area contributed by atoms with Gasteiger partial charge in [-0.05, 0) is 74.5 Å². The summed E-state index contributed by atoms with van der Waals surface area (Å²) in [6.07, 6.45) is 5.51. The van der Waals surface area contributed by atoms with Crippen LogP contribution in [0.3, 0.4) is 0 Å². The lowest BCUT2D eigenvalue weighted by Gasteiger charge is -2.64. The van der Waals surface area contributed by atoms with E-state index in [4.69, 9.17) is 14.2 Å². The largest absolute Gasteiger partial charge is 0.469 e. The fourth-order valence-electron chi connectivity index (χ4n) is 8.38. The van der Waals surface area contributed by atoms with Crippen molar-refractivity contribution in [2.45, 2.75) is 96.9 Å². The highest BCUT2D eigenvalue weighted by molar-refractivity contribution is 5.75. The van der Waals surface area contributed by atoms with Crippen molar-refractivity contribution in [2.75, 3.05) is 7.11 Å². The molecule has 180 valence electrons. The van der Waals surface area contributed by atoms with E-state index < -0.39 is 23.0 Å². The van der Waals surface area contributed by atoms with Crippen molar-refractivity contribution < 1.29 is 33.7 Å². The minimum absolute atomic E-state index is 0.0294. The molecule has 0 radical (unpaired) electrons. The fraction of sp³-hybridized carbons (Fsp3) is 0.880. The molecule has 0 aromatic carbocycles. The molecule has 7 heteroatoms. The third-order valence-electron chi connectivity index (χ3n) is 9.99. The van der Waals surface area contributed by atoms with E-state index in [9.17, 15) is 19.5 Å². The molecule has 32 heavy (non-hydrogen) atoms. The molecular formula is C25H38O7. The van der Waals surface area contributed by atoms with Crippen LogP contribution in [0.15, 0.2) is 0 Å². The third kappa shape index (κ3) is 3.29. The van der Waals surface area contributed by atoms with E-state index >= 15 is 0 Å². The number of aliphatic hydroxyl groups is 1. The van der Waals surface area contributed by atoms with Crippen LogP contribution in [-0.2, 0) is 28.6 Å². The topological polar surface area (TPSA) is 99.1 Å². The Kier molecular flexibility index (Phi) is 5.88. The van der Waals surface area contributed by atoms with Crippen molar-refractivity contribution in [3.05, 3.63) is 0 Å². The lowest BCUT2D eigenvalue weighted by Crippen LogP contribution is -2.68. The standard InChI is InChI=1S/C25H38O7/c1-14(26)31-17-8-10-23(3)16(12-17)6-7-18-20(23)13-21(32-15(2)27)24(4)19(22(28)30-5)9-11-25(18,24)29/h16-21,29H,6-13H2,1-5H3/t16-,17-,18-,19-,20+,21-,23-,24-,25-/m0/s1. The van der Waals surface area contributed by atoms with E-state index in [0.717, 1.165) is 32.1 Å². The van der Waals surface area contributed by atoms with Gasteiger partial charge in [0.1, 0.15) is 12.2 Å². The zero-order chi connectivity index (χ0) is 23.5. The Labute approximate surface area is 190 Å². The Balaban J connectivity index is 1.69. The van der Waals surface area contributed by atoms with E-state index in [1.54, 1.807) is 0 Å². The van der Waals surface area contributed by atoms with Gasteiger partial charge in [0, 0.05) is 19.3 Å². The molecule has 4 aliphatic carbocycles. The molecule has 7 nitrogen and oxygen atoms in total. The van der Waals surface area contributed by atoms with Crippen LogP contribution in [0.5, 0.6) is 0 Å². The van der Waals surface area contributed by atoms with Gasteiger partial charge < -0.3 is 19.3 Å². The Morgan fingerprint density at radius 2 is 1.56 bits per heavy atom. The highest BCUT2D eigenvalue weighted by Gasteiger charge is 2.72. The lowest BCUT2D eigenvalue weighted by molar-refractivity contribution is -0.254. The highest BCUT2D eigenvalue weighted by Crippen LogP contribution is 2.69. The van der Waals surface area contributed by atoms with Gasteiger partial charge in [0.2, 0.25) is 0 Å². The second kappa shape index (κ2) is 8.00. The molecule has 0 aromatic rings. The van der Waals surface area contributed by atoms with Gasteiger partial charge in [0.25, 0.3) is 0 Å². The zero-order valence-electron chi connectivity index (χ0n) is 20.0. The number of methoxy groups -OCH3 is 1. The van der Waals surface area contributed by atoms with Gasteiger partial charge >= 0.3 is 17.9 Å². The molecule has 0 heterocycles. The van der Waals surface area contributed by atoms with Crippen molar-refractivity contribution in [3.8, 4) is 0 Å². The number of ether oxygens (including phenoxy) is 3. The monoisotopic (exact) mass is 450 g/mol. The maximum absolute atomic E-state index is 12.7. The molecule has 4 rings (SSSR count). The molecule has 0 unspecified atom stereocenters. The van der Waals surface area contributed by atoms with Gasteiger partial charge in [-0.3, -0.25) is 14.4 Å². The second-order valence-electron chi connectivity index (χ2n) is 11.2. The highest BCUT2D eigenvalue weighted by atomic mass is 16.6. The number of esters is 3. The average Bonchev–Trinajstić information content (AvgIpc) is 3.00. The van der Waals surface area contributed by atoms with E-state index in [2.05, 4.69) is 6.92 Å². The summed E-state index contributed by atoms with van der Waals surface area (Å²) < 4.78 is 16.5. The number of carbonyl (C=O) groups excluding carboxylic acids is 3. The van der Waals surface area contributed by atoms with Crippen molar-refractivity contribution in [1.82, 2.24) is 0 Å². The van der Waals surface area contributed by atoms with Crippen molar-refractivity contribution in [3.63, 3.8) is 0 Å². The maximum Gasteiger partial charge on any atom is 0.309 e. The van der Waals surface area contributed by atoms with Crippen molar-refractivity contribution in [1.29, 1.82) is 0 Å². The number of carbonyl (C=O) groups is 3. The van der Waals surface area contributed by atoms with Crippen molar-refractivity contribution >= 4 is 17.9 Å². The molecule has 0 saturated heterocycles. The van der Waals surface area contributed by atoms with Gasteiger partial charge in [-0.2, -0.15) is 0 Å². The molecule has 4 aliphatic rings. The van der Waals surface area contributed by atoms with Gasteiger partial charge in [-0.25, -0.2) is 0 Å². The van der Waals surface area contributed by atoms with Crippen LogP contribution in [0.1, 0.15) is 79.1 Å². The molecule has 0 aliphatic heterocycles. The Morgan fingerprint density at radius 3 is 2.19 bits per heavy atom. The summed E-state index contributed by atoms with van der Waals surface area (Å²) in [5, 5.41) is 12.3. The molecule has 9 atom stereocenters. The molecular weight excluding hydrogens is 412 g/mol. The Bertz CT molecular complexity index is 795. The van der Waals surface area contributed by atoms with Gasteiger partial charge in [0.05, 0.1) is 18.6 Å². The molecule has 0 aromatic heterocycles. The number of rotatable bonds is 3. The molecule has 4 saturated carbocycles. The first kappa shape index (κ1) is 23.5. The van der Waals surface area contributed by atoms with E-state index in [0.29, 0.717) is 25.2 Å². The van der Waals surface area contributed by atoms with E-state index in [1.807, 2.05) is 6.92 Å².